The van der Waals surface area contributed by atoms with Gasteiger partial charge in [-0.1, -0.05) is 17.7 Å². The number of fused-ring (bicyclic) bond motifs is 1. The Hall–Kier alpha value is -2.46. The van der Waals surface area contributed by atoms with Crippen LogP contribution in [0.15, 0.2) is 48.7 Å². The highest BCUT2D eigenvalue weighted by Gasteiger charge is 2.09. The van der Waals surface area contributed by atoms with Gasteiger partial charge in [0, 0.05) is 17.1 Å². The van der Waals surface area contributed by atoms with Crippen molar-refractivity contribution in [2.75, 3.05) is 5.32 Å². The Labute approximate surface area is 126 Å². The number of carbonyl (C=O) groups excluding carboxylic acids is 1. The van der Waals surface area contributed by atoms with Crippen LogP contribution in [0.25, 0.3) is 10.9 Å². The van der Waals surface area contributed by atoms with Gasteiger partial charge in [-0.05, 0) is 43.3 Å². The number of hydrogen-bond donors (Lipinski definition) is 1. The summed E-state index contributed by atoms with van der Waals surface area (Å²) in [6.07, 6.45) is 1.73. The highest BCUT2D eigenvalue weighted by atomic mass is 35.5. The van der Waals surface area contributed by atoms with Crippen LogP contribution < -0.4 is 5.32 Å². The topological polar surface area (TPSA) is 54.9 Å². The molecule has 0 aliphatic heterocycles. The SMILES string of the molecule is Cc1nc(Cl)ccc1NC(=O)c1ccc2ncccc2c1. The van der Waals surface area contributed by atoms with Crippen molar-refractivity contribution in [2.24, 2.45) is 0 Å². The number of anilines is 1. The molecule has 1 N–H and O–H groups in total. The summed E-state index contributed by atoms with van der Waals surface area (Å²) in [7, 11) is 0. The van der Waals surface area contributed by atoms with Crippen molar-refractivity contribution < 1.29 is 4.79 Å². The summed E-state index contributed by atoms with van der Waals surface area (Å²) in [4.78, 5) is 20.6. The van der Waals surface area contributed by atoms with Gasteiger partial charge in [0.25, 0.3) is 5.91 Å². The van der Waals surface area contributed by atoms with Crippen LogP contribution in [0.2, 0.25) is 5.15 Å². The first kappa shape index (κ1) is 13.5. The predicted molar refractivity (Wildman–Crippen MR) is 83.7 cm³/mol. The maximum absolute atomic E-state index is 12.3. The quantitative estimate of drug-likeness (QED) is 0.731. The van der Waals surface area contributed by atoms with E-state index in [1.807, 2.05) is 24.3 Å². The first-order valence-electron chi connectivity index (χ1n) is 6.43. The number of benzene rings is 1. The van der Waals surface area contributed by atoms with Crippen LogP contribution in [0.5, 0.6) is 0 Å². The molecule has 0 aliphatic carbocycles. The van der Waals surface area contributed by atoms with Gasteiger partial charge in [-0.25, -0.2) is 4.98 Å². The molecule has 0 aliphatic rings. The van der Waals surface area contributed by atoms with Crippen molar-refractivity contribution in [3.05, 3.63) is 65.1 Å². The molecule has 0 radical (unpaired) electrons. The number of nitrogens with one attached hydrogen (secondary N) is 1. The maximum atomic E-state index is 12.3. The number of carbonyl (C=O) groups is 1. The molecule has 104 valence electrons. The molecule has 4 nitrogen and oxygen atoms in total. The van der Waals surface area contributed by atoms with Gasteiger partial charge >= 0.3 is 0 Å². The van der Waals surface area contributed by atoms with Crippen LogP contribution in [0.4, 0.5) is 5.69 Å². The number of aryl methyl sites for hydroxylation is 1. The van der Waals surface area contributed by atoms with Crippen molar-refractivity contribution in [1.82, 2.24) is 9.97 Å². The minimum absolute atomic E-state index is 0.187. The van der Waals surface area contributed by atoms with Crippen molar-refractivity contribution >= 4 is 34.1 Å². The van der Waals surface area contributed by atoms with Crippen molar-refractivity contribution in [3.8, 4) is 0 Å². The molecule has 1 aromatic carbocycles. The minimum atomic E-state index is -0.187. The maximum Gasteiger partial charge on any atom is 0.255 e. The Kier molecular flexibility index (Phi) is 3.54. The third-order valence-corrected chi connectivity index (χ3v) is 3.38. The predicted octanol–water partition coefficient (Wildman–Crippen LogP) is 3.84. The van der Waals surface area contributed by atoms with E-state index >= 15 is 0 Å². The van der Waals surface area contributed by atoms with Crippen LogP contribution in [-0.4, -0.2) is 15.9 Å². The van der Waals surface area contributed by atoms with Gasteiger partial charge in [0.2, 0.25) is 0 Å². The monoisotopic (exact) mass is 297 g/mol. The van der Waals surface area contributed by atoms with Gasteiger partial charge < -0.3 is 5.32 Å². The number of aromatic nitrogens is 2. The summed E-state index contributed by atoms with van der Waals surface area (Å²) < 4.78 is 0. The second-order valence-electron chi connectivity index (χ2n) is 4.63. The van der Waals surface area contributed by atoms with E-state index in [9.17, 15) is 4.79 Å². The van der Waals surface area contributed by atoms with E-state index in [1.54, 1.807) is 31.3 Å². The Morgan fingerprint density at radius 3 is 2.86 bits per heavy atom. The molecule has 3 rings (SSSR count). The van der Waals surface area contributed by atoms with Crippen LogP contribution >= 0.6 is 11.6 Å². The molecule has 3 aromatic rings. The summed E-state index contributed by atoms with van der Waals surface area (Å²) in [6, 6.07) is 12.6. The normalized spacial score (nSPS) is 10.6. The third-order valence-electron chi connectivity index (χ3n) is 3.17. The van der Waals surface area contributed by atoms with E-state index in [1.165, 1.54) is 0 Å². The number of rotatable bonds is 2. The largest absolute Gasteiger partial charge is 0.320 e. The highest BCUT2D eigenvalue weighted by Crippen LogP contribution is 2.18. The summed E-state index contributed by atoms with van der Waals surface area (Å²) in [5.74, 6) is -0.187. The molecule has 0 bridgehead atoms. The Balaban J connectivity index is 1.89. The smallest absolute Gasteiger partial charge is 0.255 e. The zero-order chi connectivity index (χ0) is 14.8. The number of amides is 1. The highest BCUT2D eigenvalue weighted by molar-refractivity contribution is 6.29. The molecule has 5 heteroatoms. The van der Waals surface area contributed by atoms with E-state index in [-0.39, 0.29) is 5.91 Å². The van der Waals surface area contributed by atoms with Gasteiger partial charge in [-0.3, -0.25) is 9.78 Å². The molecular weight excluding hydrogens is 286 g/mol. The van der Waals surface area contributed by atoms with Crippen LogP contribution in [0, 0.1) is 6.92 Å². The lowest BCUT2D eigenvalue weighted by Gasteiger charge is -2.08. The van der Waals surface area contributed by atoms with Gasteiger partial charge in [0.05, 0.1) is 16.9 Å². The van der Waals surface area contributed by atoms with Gasteiger partial charge in [0.1, 0.15) is 5.15 Å². The van der Waals surface area contributed by atoms with Crippen molar-refractivity contribution in [3.63, 3.8) is 0 Å². The number of hydrogen-bond acceptors (Lipinski definition) is 3. The third kappa shape index (κ3) is 2.85. The molecule has 0 saturated heterocycles. The fourth-order valence-electron chi connectivity index (χ4n) is 2.07. The molecule has 21 heavy (non-hydrogen) atoms. The van der Waals surface area contributed by atoms with Crippen molar-refractivity contribution in [2.45, 2.75) is 6.92 Å². The average molecular weight is 298 g/mol. The lowest BCUT2D eigenvalue weighted by atomic mass is 10.1. The lowest BCUT2D eigenvalue weighted by Crippen LogP contribution is -2.13. The minimum Gasteiger partial charge on any atom is -0.320 e. The van der Waals surface area contributed by atoms with E-state index in [0.717, 1.165) is 10.9 Å². The summed E-state index contributed by atoms with van der Waals surface area (Å²) in [5, 5.41) is 4.17. The molecule has 0 saturated carbocycles. The van der Waals surface area contributed by atoms with Crippen LogP contribution in [-0.2, 0) is 0 Å². The summed E-state index contributed by atoms with van der Waals surface area (Å²) in [5.41, 5.74) is 2.76. The molecular formula is C16H12ClN3O. The molecule has 1 amide bonds. The zero-order valence-electron chi connectivity index (χ0n) is 11.3. The first-order chi connectivity index (χ1) is 10.1. The van der Waals surface area contributed by atoms with Gasteiger partial charge in [-0.15, -0.1) is 0 Å². The zero-order valence-corrected chi connectivity index (χ0v) is 12.1. The molecule has 0 fully saturated rings. The fraction of sp³-hybridized carbons (Fsp3) is 0.0625. The van der Waals surface area contributed by atoms with E-state index in [0.29, 0.717) is 22.1 Å². The fourth-order valence-corrected chi connectivity index (χ4v) is 2.26. The van der Waals surface area contributed by atoms with Crippen molar-refractivity contribution in [1.29, 1.82) is 0 Å². The summed E-state index contributed by atoms with van der Waals surface area (Å²) in [6.45, 7) is 1.80. The second-order valence-corrected chi connectivity index (χ2v) is 5.02. The van der Waals surface area contributed by atoms with E-state index in [4.69, 9.17) is 11.6 Å². The molecule has 2 heterocycles. The standard InChI is InChI=1S/C16H12ClN3O/c1-10-13(6-7-15(17)19-10)20-16(21)12-4-5-14-11(9-12)3-2-8-18-14/h2-9H,1H3,(H,20,21). The number of nitrogens with zero attached hydrogens (tertiary/aromatic N) is 2. The molecule has 0 atom stereocenters. The molecule has 2 aromatic heterocycles. The Morgan fingerprint density at radius 2 is 2.05 bits per heavy atom. The first-order valence-corrected chi connectivity index (χ1v) is 6.80. The van der Waals surface area contributed by atoms with E-state index in [2.05, 4.69) is 15.3 Å². The lowest BCUT2D eigenvalue weighted by molar-refractivity contribution is 0.102. The molecule has 0 unspecified atom stereocenters. The second kappa shape index (κ2) is 5.50. The van der Waals surface area contributed by atoms with Gasteiger partial charge in [-0.2, -0.15) is 0 Å². The Bertz CT molecular complexity index is 833. The number of halogens is 1. The number of pyridine rings is 2. The summed E-state index contributed by atoms with van der Waals surface area (Å²) >= 11 is 5.81. The molecule has 0 spiro atoms. The average Bonchev–Trinajstić information content (AvgIpc) is 2.49. The van der Waals surface area contributed by atoms with E-state index < -0.39 is 0 Å². The Morgan fingerprint density at radius 1 is 1.19 bits per heavy atom. The van der Waals surface area contributed by atoms with Crippen LogP contribution in [0.1, 0.15) is 16.1 Å². The van der Waals surface area contributed by atoms with Gasteiger partial charge in [0.15, 0.2) is 0 Å². The van der Waals surface area contributed by atoms with Crippen LogP contribution in [0.3, 0.4) is 0 Å².